The van der Waals surface area contributed by atoms with Crippen LogP contribution in [0.15, 0.2) is 81.3 Å². The van der Waals surface area contributed by atoms with Gasteiger partial charge in [-0.15, -0.1) is 11.3 Å². The van der Waals surface area contributed by atoms with Gasteiger partial charge in [0.2, 0.25) is 0 Å². The number of rotatable bonds is 5. The van der Waals surface area contributed by atoms with Gasteiger partial charge in [-0.3, -0.25) is 0 Å². The first-order chi connectivity index (χ1) is 12.7. The number of nitrogens with one attached hydrogen (secondary N) is 1. The topological polar surface area (TPSA) is 62.5 Å². The van der Waals surface area contributed by atoms with Crippen LogP contribution in [-0.2, 0) is 6.54 Å². The summed E-state index contributed by atoms with van der Waals surface area (Å²) >= 11 is 1.69. The number of phenols is 1. The summed E-state index contributed by atoms with van der Waals surface area (Å²) in [7, 11) is 0. The molecule has 0 fully saturated rings. The molecule has 1 atom stereocenters. The van der Waals surface area contributed by atoms with Crippen LogP contribution in [0, 0.1) is 0 Å². The van der Waals surface area contributed by atoms with Crippen LogP contribution in [0.2, 0.25) is 0 Å². The third-order valence-electron chi connectivity index (χ3n) is 4.27. The molecule has 2 aromatic heterocycles. The number of phenolic OH excluding ortho intramolecular Hbond substituents is 1. The minimum atomic E-state index is -0.424. The SMILES string of the molecule is O=c1cc(CN[C@@H](c2ccccc2)c2cccs2)c2ccc(O)cc2o1. The average Bonchev–Trinajstić information content (AvgIpc) is 3.16. The summed E-state index contributed by atoms with van der Waals surface area (Å²) in [6, 6.07) is 20.7. The van der Waals surface area contributed by atoms with Gasteiger partial charge < -0.3 is 14.8 Å². The van der Waals surface area contributed by atoms with Crippen LogP contribution in [0.3, 0.4) is 0 Å². The third kappa shape index (κ3) is 3.40. The summed E-state index contributed by atoms with van der Waals surface area (Å²) in [6.07, 6.45) is 0. The molecule has 0 saturated carbocycles. The molecule has 0 aliphatic rings. The van der Waals surface area contributed by atoms with Gasteiger partial charge in [-0.1, -0.05) is 36.4 Å². The normalized spacial score (nSPS) is 12.3. The summed E-state index contributed by atoms with van der Waals surface area (Å²) in [6.45, 7) is 0.504. The van der Waals surface area contributed by atoms with E-state index in [2.05, 4.69) is 28.9 Å². The Morgan fingerprint density at radius 1 is 1.04 bits per heavy atom. The van der Waals surface area contributed by atoms with Crippen LogP contribution >= 0.6 is 11.3 Å². The van der Waals surface area contributed by atoms with E-state index in [1.165, 1.54) is 22.6 Å². The maximum atomic E-state index is 11.9. The van der Waals surface area contributed by atoms with Crippen LogP contribution in [0.5, 0.6) is 5.75 Å². The van der Waals surface area contributed by atoms with Crippen molar-refractivity contribution in [2.75, 3.05) is 0 Å². The van der Waals surface area contributed by atoms with Gasteiger partial charge in [0.05, 0.1) is 6.04 Å². The number of benzene rings is 2. The summed E-state index contributed by atoms with van der Waals surface area (Å²) in [4.78, 5) is 13.1. The van der Waals surface area contributed by atoms with Crippen LogP contribution in [0.1, 0.15) is 22.0 Å². The molecule has 130 valence electrons. The maximum Gasteiger partial charge on any atom is 0.336 e. The highest BCUT2D eigenvalue weighted by Gasteiger charge is 2.15. The molecule has 0 unspecified atom stereocenters. The fraction of sp³-hybridized carbons (Fsp3) is 0.0952. The van der Waals surface area contributed by atoms with Crippen LogP contribution in [0.4, 0.5) is 0 Å². The average molecular weight is 363 g/mol. The highest BCUT2D eigenvalue weighted by atomic mass is 32.1. The number of hydrogen-bond acceptors (Lipinski definition) is 5. The largest absolute Gasteiger partial charge is 0.508 e. The van der Waals surface area contributed by atoms with Gasteiger partial charge in [0.1, 0.15) is 11.3 Å². The second-order valence-electron chi connectivity index (χ2n) is 6.01. The monoisotopic (exact) mass is 363 g/mol. The molecule has 0 bridgehead atoms. The van der Waals surface area contributed by atoms with Crippen molar-refractivity contribution in [3.8, 4) is 5.75 Å². The van der Waals surface area contributed by atoms with E-state index in [0.717, 1.165) is 10.9 Å². The molecule has 0 aliphatic heterocycles. The van der Waals surface area contributed by atoms with E-state index in [1.807, 2.05) is 24.3 Å². The first kappa shape index (κ1) is 16.6. The van der Waals surface area contributed by atoms with Gasteiger partial charge >= 0.3 is 5.63 Å². The minimum absolute atomic E-state index is 0.0376. The molecule has 4 aromatic rings. The second-order valence-corrected chi connectivity index (χ2v) is 6.99. The molecular formula is C21H17NO3S. The number of thiophene rings is 1. The molecule has 0 saturated heterocycles. The summed E-state index contributed by atoms with van der Waals surface area (Å²) in [5, 5.41) is 16.1. The standard InChI is InChI=1S/C21H17NO3S/c23-16-8-9-17-15(11-20(24)25-18(17)12-16)13-22-21(19-7-4-10-26-19)14-5-2-1-3-6-14/h1-12,21-23H,13H2/t21-/m0/s1. The highest BCUT2D eigenvalue weighted by molar-refractivity contribution is 7.10. The van der Waals surface area contributed by atoms with Crippen LogP contribution < -0.4 is 10.9 Å². The Balaban J connectivity index is 1.68. The Morgan fingerprint density at radius 2 is 1.88 bits per heavy atom. The van der Waals surface area contributed by atoms with E-state index < -0.39 is 5.63 Å². The van der Waals surface area contributed by atoms with Crippen molar-refractivity contribution in [2.45, 2.75) is 12.6 Å². The molecule has 26 heavy (non-hydrogen) atoms. The smallest absolute Gasteiger partial charge is 0.336 e. The molecule has 0 radical (unpaired) electrons. The van der Waals surface area contributed by atoms with Crippen LogP contribution in [0.25, 0.3) is 11.0 Å². The van der Waals surface area contributed by atoms with E-state index in [1.54, 1.807) is 23.5 Å². The lowest BCUT2D eigenvalue weighted by atomic mass is 10.0. The Labute approximate surface area is 154 Å². The highest BCUT2D eigenvalue weighted by Crippen LogP contribution is 2.27. The zero-order chi connectivity index (χ0) is 17.9. The van der Waals surface area contributed by atoms with Gasteiger partial charge in [-0.25, -0.2) is 4.79 Å². The molecule has 0 aliphatic carbocycles. The molecule has 4 nitrogen and oxygen atoms in total. The first-order valence-corrected chi connectivity index (χ1v) is 9.16. The fourth-order valence-electron chi connectivity index (χ4n) is 3.06. The Hall–Kier alpha value is -2.89. The van der Waals surface area contributed by atoms with Crippen molar-refractivity contribution in [3.63, 3.8) is 0 Å². The van der Waals surface area contributed by atoms with E-state index in [9.17, 15) is 9.90 Å². The van der Waals surface area contributed by atoms with E-state index in [-0.39, 0.29) is 11.8 Å². The number of fused-ring (bicyclic) bond motifs is 1. The van der Waals surface area contributed by atoms with E-state index >= 15 is 0 Å². The summed E-state index contributed by atoms with van der Waals surface area (Å²) in [5.41, 5.74) is 1.97. The zero-order valence-electron chi connectivity index (χ0n) is 13.9. The van der Waals surface area contributed by atoms with Crippen molar-refractivity contribution in [2.24, 2.45) is 0 Å². The summed E-state index contributed by atoms with van der Waals surface area (Å²) in [5.74, 6) is 0.0755. The molecule has 5 heteroatoms. The van der Waals surface area contributed by atoms with Gasteiger partial charge in [0.25, 0.3) is 0 Å². The molecular weight excluding hydrogens is 346 g/mol. The summed E-state index contributed by atoms with van der Waals surface area (Å²) < 4.78 is 5.21. The second kappa shape index (κ2) is 7.15. The van der Waals surface area contributed by atoms with Gasteiger partial charge in [-0.05, 0) is 34.7 Å². The molecule has 2 heterocycles. The third-order valence-corrected chi connectivity index (χ3v) is 5.21. The Bertz CT molecular complexity index is 1070. The van der Waals surface area contributed by atoms with Crippen LogP contribution in [-0.4, -0.2) is 5.11 Å². The Kier molecular flexibility index (Phi) is 4.56. The Morgan fingerprint density at radius 3 is 2.65 bits per heavy atom. The first-order valence-electron chi connectivity index (χ1n) is 8.28. The minimum Gasteiger partial charge on any atom is -0.508 e. The number of hydrogen-bond donors (Lipinski definition) is 2. The quantitative estimate of drug-likeness (QED) is 0.515. The van der Waals surface area contributed by atoms with Gasteiger partial charge in [0, 0.05) is 28.9 Å². The fourth-order valence-corrected chi connectivity index (χ4v) is 3.89. The lowest BCUT2D eigenvalue weighted by Gasteiger charge is -2.18. The van der Waals surface area contributed by atoms with E-state index in [4.69, 9.17) is 4.42 Å². The van der Waals surface area contributed by atoms with Crippen molar-refractivity contribution in [1.29, 1.82) is 0 Å². The lowest BCUT2D eigenvalue weighted by Crippen LogP contribution is -2.22. The predicted molar refractivity (Wildman–Crippen MR) is 104 cm³/mol. The molecule has 2 aromatic carbocycles. The molecule has 4 rings (SSSR count). The van der Waals surface area contributed by atoms with Crippen molar-refractivity contribution < 1.29 is 9.52 Å². The van der Waals surface area contributed by atoms with Crippen molar-refractivity contribution in [1.82, 2.24) is 5.32 Å². The van der Waals surface area contributed by atoms with Crippen molar-refractivity contribution in [3.05, 3.63) is 98.5 Å². The van der Waals surface area contributed by atoms with Gasteiger partial charge in [0.15, 0.2) is 0 Å². The van der Waals surface area contributed by atoms with Gasteiger partial charge in [-0.2, -0.15) is 0 Å². The molecule has 2 N–H and O–H groups in total. The molecule has 0 spiro atoms. The zero-order valence-corrected chi connectivity index (χ0v) is 14.7. The predicted octanol–water partition coefficient (Wildman–Crippen LogP) is 4.44. The van der Waals surface area contributed by atoms with Crippen molar-refractivity contribution >= 4 is 22.3 Å². The number of aromatic hydroxyl groups is 1. The molecule has 0 amide bonds. The van der Waals surface area contributed by atoms with E-state index in [0.29, 0.717) is 12.1 Å². The lowest BCUT2D eigenvalue weighted by molar-refractivity contribution is 0.473. The maximum absolute atomic E-state index is 11.9.